The Hall–Kier alpha value is -2.16. The lowest BCUT2D eigenvalue weighted by atomic mass is 9.85. The van der Waals surface area contributed by atoms with Crippen molar-refractivity contribution in [3.8, 4) is 17.3 Å². The summed E-state index contributed by atoms with van der Waals surface area (Å²) in [5, 5.41) is 10.2. The number of rotatable bonds is 1. The van der Waals surface area contributed by atoms with Gasteiger partial charge in [-0.3, -0.25) is 9.78 Å². The third kappa shape index (κ3) is 3.04. The molecule has 0 spiro atoms. The Morgan fingerprint density at radius 1 is 1.27 bits per heavy atom. The van der Waals surface area contributed by atoms with Crippen molar-refractivity contribution >= 4 is 38.4 Å². The average molecular weight is 431 g/mol. The Kier molecular flexibility index (Phi) is 4.68. The number of halogens is 2. The van der Waals surface area contributed by atoms with E-state index in [1.165, 1.54) is 6.20 Å². The molecule has 0 aliphatic rings. The summed E-state index contributed by atoms with van der Waals surface area (Å²) in [6.45, 7) is 8.31. The van der Waals surface area contributed by atoms with E-state index in [1.807, 2.05) is 19.1 Å². The molecular formula is C20H17BrClN3O. The van der Waals surface area contributed by atoms with Crippen LogP contribution in [0.2, 0.25) is 5.02 Å². The van der Waals surface area contributed by atoms with Crippen molar-refractivity contribution in [2.75, 3.05) is 0 Å². The van der Waals surface area contributed by atoms with Gasteiger partial charge in [-0.05, 0) is 45.5 Å². The van der Waals surface area contributed by atoms with Gasteiger partial charge in [0, 0.05) is 16.8 Å². The molecule has 0 amide bonds. The SMILES string of the molecule is Cc1cc(C(C)(C)C)c(Cl)cc1-c1[nH]c2cncc(C#N)c2c(=O)c1Br. The summed E-state index contributed by atoms with van der Waals surface area (Å²) in [6, 6.07) is 5.95. The maximum absolute atomic E-state index is 12.8. The first-order chi connectivity index (χ1) is 12.1. The van der Waals surface area contributed by atoms with E-state index in [0.717, 1.165) is 16.7 Å². The van der Waals surface area contributed by atoms with Crippen molar-refractivity contribution in [1.29, 1.82) is 5.26 Å². The number of nitrogens with zero attached hydrogens (tertiary/aromatic N) is 2. The van der Waals surface area contributed by atoms with Gasteiger partial charge in [0.25, 0.3) is 0 Å². The predicted octanol–water partition coefficient (Wildman–Crippen LogP) is 5.48. The van der Waals surface area contributed by atoms with Gasteiger partial charge in [0.2, 0.25) is 5.43 Å². The van der Waals surface area contributed by atoms with Gasteiger partial charge in [0.15, 0.2) is 0 Å². The van der Waals surface area contributed by atoms with Crippen LogP contribution >= 0.6 is 27.5 Å². The summed E-state index contributed by atoms with van der Waals surface area (Å²) < 4.78 is 0.371. The van der Waals surface area contributed by atoms with E-state index in [2.05, 4.69) is 52.7 Å². The zero-order valence-electron chi connectivity index (χ0n) is 14.9. The van der Waals surface area contributed by atoms with Crippen molar-refractivity contribution in [1.82, 2.24) is 9.97 Å². The molecule has 0 saturated carbocycles. The Balaban J connectivity index is 2.34. The van der Waals surface area contributed by atoms with Crippen molar-refractivity contribution in [3.63, 3.8) is 0 Å². The van der Waals surface area contributed by atoms with Crippen LogP contribution in [-0.4, -0.2) is 9.97 Å². The second-order valence-corrected chi connectivity index (χ2v) is 8.46. The second kappa shape index (κ2) is 6.53. The topological polar surface area (TPSA) is 69.5 Å². The number of H-pyrrole nitrogens is 1. The fourth-order valence-corrected chi connectivity index (χ4v) is 3.97. The van der Waals surface area contributed by atoms with Crippen molar-refractivity contribution in [2.24, 2.45) is 0 Å². The van der Waals surface area contributed by atoms with Gasteiger partial charge in [-0.25, -0.2) is 0 Å². The number of aromatic amines is 1. The zero-order chi connectivity index (χ0) is 19.2. The summed E-state index contributed by atoms with van der Waals surface area (Å²) in [5.41, 5.74) is 3.93. The van der Waals surface area contributed by atoms with E-state index >= 15 is 0 Å². The Bertz CT molecular complexity index is 1140. The first-order valence-corrected chi connectivity index (χ1v) is 9.23. The Labute approximate surface area is 165 Å². The molecule has 6 heteroatoms. The van der Waals surface area contributed by atoms with Crippen molar-refractivity contribution < 1.29 is 0 Å². The van der Waals surface area contributed by atoms with Gasteiger partial charge in [0.05, 0.1) is 32.8 Å². The highest BCUT2D eigenvalue weighted by atomic mass is 79.9. The van der Waals surface area contributed by atoms with Crippen LogP contribution in [0.1, 0.15) is 37.5 Å². The van der Waals surface area contributed by atoms with Crippen molar-refractivity contribution in [3.05, 3.63) is 60.9 Å². The molecular weight excluding hydrogens is 414 g/mol. The van der Waals surface area contributed by atoms with E-state index in [-0.39, 0.29) is 16.4 Å². The van der Waals surface area contributed by atoms with Crippen molar-refractivity contribution in [2.45, 2.75) is 33.1 Å². The highest BCUT2D eigenvalue weighted by Crippen LogP contribution is 2.37. The van der Waals surface area contributed by atoms with Crippen LogP contribution in [0.25, 0.3) is 22.2 Å². The molecule has 1 N–H and O–H groups in total. The number of nitrogens with one attached hydrogen (secondary N) is 1. The molecule has 2 aromatic heterocycles. The number of nitriles is 1. The maximum Gasteiger partial charge on any atom is 0.205 e. The Morgan fingerprint density at radius 3 is 2.58 bits per heavy atom. The fourth-order valence-electron chi connectivity index (χ4n) is 3.01. The van der Waals surface area contributed by atoms with Crippen LogP contribution < -0.4 is 5.43 Å². The third-order valence-electron chi connectivity index (χ3n) is 4.36. The minimum absolute atomic E-state index is 0.0833. The van der Waals surface area contributed by atoms with E-state index in [4.69, 9.17) is 11.6 Å². The maximum atomic E-state index is 12.8. The molecule has 0 aliphatic carbocycles. The normalized spacial score (nSPS) is 11.6. The van der Waals surface area contributed by atoms with E-state index in [9.17, 15) is 10.1 Å². The molecule has 26 heavy (non-hydrogen) atoms. The Morgan fingerprint density at radius 2 is 1.96 bits per heavy atom. The molecule has 0 aliphatic heterocycles. The summed E-state index contributed by atoms with van der Waals surface area (Å²) in [6.07, 6.45) is 2.94. The second-order valence-electron chi connectivity index (χ2n) is 7.26. The molecule has 0 fully saturated rings. The quantitative estimate of drug-likeness (QED) is 0.555. The minimum Gasteiger partial charge on any atom is -0.352 e. The fraction of sp³-hybridized carbons (Fsp3) is 0.250. The largest absolute Gasteiger partial charge is 0.352 e. The number of hydrogen-bond acceptors (Lipinski definition) is 3. The van der Waals surface area contributed by atoms with Crippen LogP contribution in [0.5, 0.6) is 0 Å². The summed E-state index contributed by atoms with van der Waals surface area (Å²) in [5.74, 6) is 0. The summed E-state index contributed by atoms with van der Waals surface area (Å²) >= 11 is 9.93. The van der Waals surface area contributed by atoms with Crippen LogP contribution in [0.15, 0.2) is 33.8 Å². The highest BCUT2D eigenvalue weighted by Gasteiger charge is 2.21. The average Bonchev–Trinajstić information content (AvgIpc) is 2.58. The number of aryl methyl sites for hydroxylation is 1. The van der Waals surface area contributed by atoms with Crippen LogP contribution in [-0.2, 0) is 5.41 Å². The van der Waals surface area contributed by atoms with Gasteiger partial charge in [-0.2, -0.15) is 5.26 Å². The van der Waals surface area contributed by atoms with Crippen LogP contribution in [0, 0.1) is 18.3 Å². The number of pyridine rings is 2. The monoisotopic (exact) mass is 429 g/mol. The molecule has 132 valence electrons. The summed E-state index contributed by atoms with van der Waals surface area (Å²) in [4.78, 5) is 20.1. The van der Waals surface area contributed by atoms with Gasteiger partial charge in [-0.15, -0.1) is 0 Å². The molecule has 3 aromatic rings. The van der Waals surface area contributed by atoms with Gasteiger partial charge < -0.3 is 4.98 Å². The number of fused-ring (bicyclic) bond motifs is 1. The standard InChI is InChI=1S/C20H17BrClN3O/c1-10-5-13(20(2,3)4)14(22)6-12(10)18-17(21)19(26)16-11(7-23)8-24-9-15(16)25-18/h5-6,8-9H,1-4H3,(H,25,26). The van der Waals surface area contributed by atoms with E-state index in [1.54, 1.807) is 6.20 Å². The summed E-state index contributed by atoms with van der Waals surface area (Å²) in [7, 11) is 0. The number of benzene rings is 1. The third-order valence-corrected chi connectivity index (χ3v) is 5.43. The molecule has 0 bridgehead atoms. The predicted molar refractivity (Wildman–Crippen MR) is 109 cm³/mol. The number of aromatic nitrogens is 2. The highest BCUT2D eigenvalue weighted by molar-refractivity contribution is 9.10. The lowest BCUT2D eigenvalue weighted by molar-refractivity contribution is 0.590. The molecule has 0 unspecified atom stereocenters. The molecule has 2 heterocycles. The smallest absolute Gasteiger partial charge is 0.205 e. The van der Waals surface area contributed by atoms with Gasteiger partial charge >= 0.3 is 0 Å². The molecule has 0 saturated heterocycles. The molecule has 0 radical (unpaired) electrons. The first-order valence-electron chi connectivity index (χ1n) is 8.05. The first kappa shape index (κ1) is 18.6. The lowest BCUT2D eigenvalue weighted by Gasteiger charge is -2.23. The number of hydrogen-bond donors (Lipinski definition) is 1. The van der Waals surface area contributed by atoms with Crippen LogP contribution in [0.3, 0.4) is 0 Å². The minimum atomic E-state index is -0.247. The zero-order valence-corrected chi connectivity index (χ0v) is 17.2. The molecule has 1 aromatic carbocycles. The molecule has 0 atom stereocenters. The van der Waals surface area contributed by atoms with Gasteiger partial charge in [-0.1, -0.05) is 38.4 Å². The molecule has 3 rings (SSSR count). The lowest BCUT2D eigenvalue weighted by Crippen LogP contribution is -2.13. The van der Waals surface area contributed by atoms with Crippen LogP contribution in [0.4, 0.5) is 0 Å². The van der Waals surface area contributed by atoms with Gasteiger partial charge in [0.1, 0.15) is 6.07 Å². The molecule has 4 nitrogen and oxygen atoms in total. The van der Waals surface area contributed by atoms with E-state index in [0.29, 0.717) is 26.1 Å². The van der Waals surface area contributed by atoms with E-state index < -0.39 is 0 Å².